The van der Waals surface area contributed by atoms with Crippen LogP contribution in [-0.4, -0.2) is 37.7 Å². The first-order valence-electron chi connectivity index (χ1n) is 9.69. The van der Waals surface area contributed by atoms with Crippen LogP contribution in [0, 0.1) is 0 Å². The third kappa shape index (κ3) is 5.16. The van der Waals surface area contributed by atoms with Crippen LogP contribution in [0.4, 0.5) is 0 Å². The summed E-state index contributed by atoms with van der Waals surface area (Å²) in [6.07, 6.45) is 2.57. The molecule has 1 heterocycles. The van der Waals surface area contributed by atoms with Gasteiger partial charge < -0.3 is 14.8 Å². The van der Waals surface area contributed by atoms with E-state index in [0.717, 1.165) is 42.3 Å². The summed E-state index contributed by atoms with van der Waals surface area (Å²) < 4.78 is 11.7. The van der Waals surface area contributed by atoms with Crippen molar-refractivity contribution in [2.24, 2.45) is 0 Å². The maximum Gasteiger partial charge on any atom is 0.166 e. The van der Waals surface area contributed by atoms with E-state index >= 15 is 0 Å². The number of methoxy groups -OCH3 is 1. The summed E-state index contributed by atoms with van der Waals surface area (Å²) in [5.74, 6) is 1.53. The molecule has 2 aromatic rings. The van der Waals surface area contributed by atoms with Crippen molar-refractivity contribution in [3.8, 4) is 11.5 Å². The van der Waals surface area contributed by atoms with Gasteiger partial charge in [0.1, 0.15) is 6.61 Å². The van der Waals surface area contributed by atoms with Crippen LogP contribution in [0.15, 0.2) is 42.5 Å². The van der Waals surface area contributed by atoms with Gasteiger partial charge in [-0.05, 0) is 38.1 Å². The maximum atomic E-state index is 6.26. The summed E-state index contributed by atoms with van der Waals surface area (Å²) in [6, 6.07) is 14.4. The van der Waals surface area contributed by atoms with Crippen LogP contribution in [0.1, 0.15) is 30.9 Å². The Labute approximate surface area is 167 Å². The SMILES string of the molecule is CCN1CCC[C@@H]1CNCc1cccc(OC)c1OCc1ccccc1Cl. The number of ether oxygens (including phenoxy) is 2. The number of para-hydroxylation sites is 1. The van der Waals surface area contributed by atoms with Crippen LogP contribution < -0.4 is 14.8 Å². The summed E-state index contributed by atoms with van der Waals surface area (Å²) in [6.45, 7) is 6.74. The molecule has 0 radical (unpaired) electrons. The van der Waals surface area contributed by atoms with Crippen LogP contribution in [0.3, 0.4) is 0 Å². The molecule has 2 aromatic carbocycles. The predicted molar refractivity (Wildman–Crippen MR) is 111 cm³/mol. The molecule has 0 aliphatic carbocycles. The van der Waals surface area contributed by atoms with Crippen molar-refractivity contribution in [1.82, 2.24) is 10.2 Å². The Morgan fingerprint density at radius 1 is 1.15 bits per heavy atom. The average Bonchev–Trinajstić information content (AvgIpc) is 3.15. The minimum atomic E-state index is 0.416. The standard InChI is InChI=1S/C22H29ClN2O2/c1-3-25-13-7-10-19(25)15-24-14-17-9-6-12-21(26-2)22(17)27-16-18-8-4-5-11-20(18)23/h4-6,8-9,11-12,19,24H,3,7,10,13-16H2,1-2H3/t19-/m1/s1. The molecular weight excluding hydrogens is 360 g/mol. The van der Waals surface area contributed by atoms with Gasteiger partial charge in [0.25, 0.3) is 0 Å². The van der Waals surface area contributed by atoms with Gasteiger partial charge in [0.05, 0.1) is 7.11 Å². The maximum absolute atomic E-state index is 6.26. The van der Waals surface area contributed by atoms with Gasteiger partial charge in [0, 0.05) is 35.3 Å². The van der Waals surface area contributed by atoms with Crippen LogP contribution in [0.2, 0.25) is 5.02 Å². The third-order valence-electron chi connectivity index (χ3n) is 5.21. The van der Waals surface area contributed by atoms with Gasteiger partial charge in [-0.2, -0.15) is 0 Å². The highest BCUT2D eigenvalue weighted by Gasteiger charge is 2.22. The second kappa shape index (κ2) is 9.98. The van der Waals surface area contributed by atoms with Crippen molar-refractivity contribution < 1.29 is 9.47 Å². The van der Waals surface area contributed by atoms with Gasteiger partial charge in [0.15, 0.2) is 11.5 Å². The molecule has 1 fully saturated rings. The summed E-state index contributed by atoms with van der Waals surface area (Å²) in [7, 11) is 1.67. The second-order valence-corrected chi connectivity index (χ2v) is 7.29. The van der Waals surface area contributed by atoms with Crippen LogP contribution >= 0.6 is 11.6 Å². The molecule has 0 amide bonds. The molecule has 0 spiro atoms. The van der Waals surface area contributed by atoms with E-state index in [9.17, 15) is 0 Å². The number of hydrogen-bond acceptors (Lipinski definition) is 4. The summed E-state index contributed by atoms with van der Waals surface area (Å²) in [4.78, 5) is 2.55. The second-order valence-electron chi connectivity index (χ2n) is 6.88. The molecule has 0 aromatic heterocycles. The fraction of sp³-hybridized carbons (Fsp3) is 0.455. The molecule has 1 aliphatic rings. The van der Waals surface area contributed by atoms with Crippen LogP contribution in [-0.2, 0) is 13.2 Å². The third-order valence-corrected chi connectivity index (χ3v) is 5.58. The topological polar surface area (TPSA) is 33.7 Å². The molecule has 27 heavy (non-hydrogen) atoms. The molecule has 1 aliphatic heterocycles. The Bertz CT molecular complexity index is 738. The number of nitrogens with zero attached hydrogens (tertiary/aromatic N) is 1. The number of benzene rings is 2. The number of likely N-dealkylation sites (tertiary alicyclic amines) is 1. The minimum absolute atomic E-state index is 0.416. The van der Waals surface area contributed by atoms with E-state index < -0.39 is 0 Å². The number of halogens is 1. The van der Waals surface area contributed by atoms with Gasteiger partial charge in [0.2, 0.25) is 0 Å². The van der Waals surface area contributed by atoms with Crippen molar-refractivity contribution in [2.75, 3.05) is 26.7 Å². The van der Waals surface area contributed by atoms with E-state index in [2.05, 4.69) is 23.2 Å². The number of likely N-dealkylation sites (N-methyl/N-ethyl adjacent to an activating group) is 1. The first kappa shape index (κ1) is 20.0. The number of rotatable bonds is 9. The van der Waals surface area contributed by atoms with E-state index in [1.807, 2.05) is 36.4 Å². The van der Waals surface area contributed by atoms with Crippen molar-refractivity contribution >= 4 is 11.6 Å². The molecule has 1 saturated heterocycles. The Hall–Kier alpha value is -1.75. The van der Waals surface area contributed by atoms with Crippen molar-refractivity contribution in [3.05, 3.63) is 58.6 Å². The Kier molecular flexibility index (Phi) is 7.39. The number of hydrogen-bond donors (Lipinski definition) is 1. The van der Waals surface area contributed by atoms with Gasteiger partial charge >= 0.3 is 0 Å². The van der Waals surface area contributed by atoms with E-state index in [1.54, 1.807) is 7.11 Å². The molecule has 1 atom stereocenters. The van der Waals surface area contributed by atoms with Gasteiger partial charge in [-0.15, -0.1) is 0 Å². The van der Waals surface area contributed by atoms with Crippen LogP contribution in [0.5, 0.6) is 11.5 Å². The molecule has 5 heteroatoms. The number of nitrogens with one attached hydrogen (secondary N) is 1. The lowest BCUT2D eigenvalue weighted by Gasteiger charge is -2.23. The van der Waals surface area contributed by atoms with E-state index in [4.69, 9.17) is 21.1 Å². The molecule has 1 N–H and O–H groups in total. The average molecular weight is 389 g/mol. The minimum Gasteiger partial charge on any atom is -0.493 e. The fourth-order valence-electron chi connectivity index (χ4n) is 3.71. The largest absolute Gasteiger partial charge is 0.493 e. The molecule has 146 valence electrons. The van der Waals surface area contributed by atoms with Crippen molar-refractivity contribution in [1.29, 1.82) is 0 Å². The highest BCUT2D eigenvalue weighted by Crippen LogP contribution is 2.32. The van der Waals surface area contributed by atoms with Crippen LogP contribution in [0.25, 0.3) is 0 Å². The highest BCUT2D eigenvalue weighted by atomic mass is 35.5. The molecule has 3 rings (SSSR count). The summed E-state index contributed by atoms with van der Waals surface area (Å²) in [5, 5.41) is 4.32. The smallest absolute Gasteiger partial charge is 0.166 e. The van der Waals surface area contributed by atoms with E-state index in [1.165, 1.54) is 19.4 Å². The fourth-order valence-corrected chi connectivity index (χ4v) is 3.90. The van der Waals surface area contributed by atoms with E-state index in [0.29, 0.717) is 17.7 Å². The quantitative estimate of drug-likeness (QED) is 0.685. The van der Waals surface area contributed by atoms with Gasteiger partial charge in [-0.3, -0.25) is 4.90 Å². The zero-order valence-corrected chi connectivity index (χ0v) is 17.0. The lowest BCUT2D eigenvalue weighted by Crippen LogP contribution is -2.37. The monoisotopic (exact) mass is 388 g/mol. The summed E-state index contributed by atoms with van der Waals surface area (Å²) in [5.41, 5.74) is 2.07. The Balaban J connectivity index is 1.65. The van der Waals surface area contributed by atoms with Gasteiger partial charge in [-0.1, -0.05) is 48.9 Å². The Morgan fingerprint density at radius 3 is 2.74 bits per heavy atom. The van der Waals surface area contributed by atoms with Crippen molar-refractivity contribution in [2.45, 2.75) is 39.0 Å². The van der Waals surface area contributed by atoms with E-state index in [-0.39, 0.29) is 0 Å². The first-order chi connectivity index (χ1) is 13.2. The summed E-state index contributed by atoms with van der Waals surface area (Å²) >= 11 is 6.26. The zero-order chi connectivity index (χ0) is 19.1. The van der Waals surface area contributed by atoms with Crippen molar-refractivity contribution in [3.63, 3.8) is 0 Å². The lowest BCUT2D eigenvalue weighted by molar-refractivity contribution is 0.258. The highest BCUT2D eigenvalue weighted by molar-refractivity contribution is 6.31. The Morgan fingerprint density at radius 2 is 1.96 bits per heavy atom. The molecule has 0 saturated carbocycles. The first-order valence-corrected chi connectivity index (χ1v) is 10.1. The molecule has 0 unspecified atom stereocenters. The lowest BCUT2D eigenvalue weighted by atomic mass is 10.1. The predicted octanol–water partition coefficient (Wildman–Crippen LogP) is 4.50. The van der Waals surface area contributed by atoms with Gasteiger partial charge in [-0.25, -0.2) is 0 Å². The molecular formula is C22H29ClN2O2. The molecule has 0 bridgehead atoms. The zero-order valence-electron chi connectivity index (χ0n) is 16.2. The molecule has 4 nitrogen and oxygen atoms in total. The normalized spacial score (nSPS) is 17.2.